The third-order valence-corrected chi connectivity index (χ3v) is 4.13. The van der Waals surface area contributed by atoms with Gasteiger partial charge in [-0.2, -0.15) is 0 Å². The fourth-order valence-electron chi connectivity index (χ4n) is 2.62. The number of hydrogen-bond acceptors (Lipinski definition) is 5. The van der Waals surface area contributed by atoms with E-state index in [0.29, 0.717) is 38.5 Å². The van der Waals surface area contributed by atoms with Crippen LogP contribution in [-0.2, 0) is 14.2 Å². The highest BCUT2D eigenvalue weighted by atomic mass is 16.5. The van der Waals surface area contributed by atoms with Crippen LogP contribution in [0.25, 0.3) is 0 Å². The molecule has 3 atom stereocenters. The second-order valence-corrected chi connectivity index (χ2v) is 6.61. The molecule has 0 aromatic carbocycles. The van der Waals surface area contributed by atoms with Crippen molar-refractivity contribution >= 4 is 0 Å². The number of nitrogens with one attached hydrogen (secondary N) is 1. The predicted octanol–water partition coefficient (Wildman–Crippen LogP) is 1.58. The van der Waals surface area contributed by atoms with Crippen LogP contribution in [0.1, 0.15) is 41.0 Å². The molecule has 2 N–H and O–H groups in total. The second-order valence-electron chi connectivity index (χ2n) is 6.61. The predicted molar refractivity (Wildman–Crippen MR) is 83.5 cm³/mol. The largest absolute Gasteiger partial charge is 0.389 e. The van der Waals surface area contributed by atoms with Crippen LogP contribution in [0.4, 0.5) is 0 Å². The summed E-state index contributed by atoms with van der Waals surface area (Å²) in [4.78, 5) is 0. The van der Waals surface area contributed by atoms with Crippen molar-refractivity contribution in [2.24, 2.45) is 5.41 Å². The van der Waals surface area contributed by atoms with Gasteiger partial charge in [0.25, 0.3) is 0 Å². The summed E-state index contributed by atoms with van der Waals surface area (Å²) >= 11 is 0. The molecule has 5 heteroatoms. The van der Waals surface area contributed by atoms with E-state index >= 15 is 0 Å². The van der Waals surface area contributed by atoms with Gasteiger partial charge in [-0.05, 0) is 27.2 Å². The first-order valence-corrected chi connectivity index (χ1v) is 8.10. The fraction of sp³-hybridized carbons (Fsp3) is 1.00. The zero-order valence-electron chi connectivity index (χ0n) is 14.2. The summed E-state index contributed by atoms with van der Waals surface area (Å²) in [5.74, 6) is 0. The number of aliphatic hydroxyl groups is 1. The molecular formula is C16H33NO4. The smallest absolute Gasteiger partial charge is 0.0897 e. The highest BCUT2D eigenvalue weighted by Gasteiger charge is 2.48. The summed E-state index contributed by atoms with van der Waals surface area (Å²) in [7, 11) is 0. The van der Waals surface area contributed by atoms with E-state index in [4.69, 9.17) is 14.2 Å². The van der Waals surface area contributed by atoms with E-state index in [1.54, 1.807) is 0 Å². The van der Waals surface area contributed by atoms with Crippen molar-refractivity contribution in [2.45, 2.75) is 65.4 Å². The van der Waals surface area contributed by atoms with Crippen molar-refractivity contribution < 1.29 is 19.3 Å². The van der Waals surface area contributed by atoms with Gasteiger partial charge in [-0.25, -0.2) is 0 Å². The zero-order valence-corrected chi connectivity index (χ0v) is 14.2. The molecule has 0 aliphatic heterocycles. The summed E-state index contributed by atoms with van der Waals surface area (Å²) in [5, 5.41) is 13.3. The van der Waals surface area contributed by atoms with Crippen LogP contribution in [0.5, 0.6) is 0 Å². The molecule has 0 saturated heterocycles. The average molecular weight is 303 g/mol. The lowest BCUT2D eigenvalue weighted by molar-refractivity contribution is -0.116. The minimum Gasteiger partial charge on any atom is -0.389 e. The maximum atomic E-state index is 9.91. The Labute approximate surface area is 129 Å². The normalized spacial score (nSPS) is 25.9. The van der Waals surface area contributed by atoms with Gasteiger partial charge in [-0.3, -0.25) is 0 Å². The van der Waals surface area contributed by atoms with E-state index in [1.807, 2.05) is 20.8 Å². The number of ether oxygens (including phenoxy) is 3. The lowest BCUT2D eigenvalue weighted by Crippen LogP contribution is -2.61. The first kappa shape index (κ1) is 18.8. The van der Waals surface area contributed by atoms with Crippen LogP contribution in [0.15, 0.2) is 0 Å². The summed E-state index contributed by atoms with van der Waals surface area (Å²) in [5.41, 5.74) is 0.127. The van der Waals surface area contributed by atoms with Crippen molar-refractivity contribution in [1.29, 1.82) is 0 Å². The van der Waals surface area contributed by atoms with Crippen LogP contribution < -0.4 is 5.32 Å². The Morgan fingerprint density at radius 1 is 1.29 bits per heavy atom. The SMILES string of the molecule is CCOC1CC(NCC(O)COCCOC(C)C)C1(C)C. The van der Waals surface area contributed by atoms with Crippen molar-refractivity contribution in [1.82, 2.24) is 5.32 Å². The van der Waals surface area contributed by atoms with Gasteiger partial charge in [0.1, 0.15) is 0 Å². The molecule has 0 aromatic heterocycles. The summed E-state index contributed by atoms with van der Waals surface area (Å²) in [6.45, 7) is 13.2. The van der Waals surface area contributed by atoms with Gasteiger partial charge in [0, 0.05) is 24.6 Å². The van der Waals surface area contributed by atoms with E-state index in [0.717, 1.165) is 13.0 Å². The van der Waals surface area contributed by atoms with Crippen LogP contribution in [0, 0.1) is 5.41 Å². The van der Waals surface area contributed by atoms with Gasteiger partial charge in [0.2, 0.25) is 0 Å². The highest BCUT2D eigenvalue weighted by molar-refractivity contribution is 5.02. The molecule has 126 valence electrons. The van der Waals surface area contributed by atoms with E-state index in [-0.39, 0.29) is 11.5 Å². The first-order chi connectivity index (χ1) is 9.87. The Kier molecular flexibility index (Phi) is 8.13. The Bertz CT molecular complexity index is 283. The van der Waals surface area contributed by atoms with E-state index in [2.05, 4.69) is 19.2 Å². The van der Waals surface area contributed by atoms with Crippen LogP contribution in [-0.4, -0.2) is 62.4 Å². The fourth-order valence-corrected chi connectivity index (χ4v) is 2.62. The van der Waals surface area contributed by atoms with Crippen LogP contribution in [0.2, 0.25) is 0 Å². The van der Waals surface area contributed by atoms with Gasteiger partial charge in [-0.15, -0.1) is 0 Å². The number of rotatable bonds is 11. The lowest BCUT2D eigenvalue weighted by Gasteiger charge is -2.52. The molecule has 0 radical (unpaired) electrons. The van der Waals surface area contributed by atoms with Crippen molar-refractivity contribution in [3.8, 4) is 0 Å². The van der Waals surface area contributed by atoms with Gasteiger partial charge >= 0.3 is 0 Å². The van der Waals surface area contributed by atoms with Gasteiger partial charge in [0.15, 0.2) is 0 Å². The van der Waals surface area contributed by atoms with E-state index in [1.165, 1.54) is 0 Å². The van der Waals surface area contributed by atoms with Crippen LogP contribution >= 0.6 is 0 Å². The molecule has 0 amide bonds. The quantitative estimate of drug-likeness (QED) is 0.568. The molecule has 0 aromatic rings. The summed E-state index contributed by atoms with van der Waals surface area (Å²) < 4.78 is 16.5. The summed E-state index contributed by atoms with van der Waals surface area (Å²) in [6, 6.07) is 0.396. The van der Waals surface area contributed by atoms with Gasteiger partial charge < -0.3 is 24.6 Å². The monoisotopic (exact) mass is 303 g/mol. The average Bonchev–Trinajstić information content (AvgIpc) is 2.41. The first-order valence-electron chi connectivity index (χ1n) is 8.10. The van der Waals surface area contributed by atoms with Crippen molar-refractivity contribution in [2.75, 3.05) is 33.0 Å². The third kappa shape index (κ3) is 6.20. The molecule has 1 saturated carbocycles. The molecule has 0 spiro atoms. The molecule has 1 fully saturated rings. The Hall–Kier alpha value is -0.200. The molecule has 0 heterocycles. The zero-order chi connectivity index (χ0) is 15.9. The molecular weight excluding hydrogens is 270 g/mol. The Morgan fingerprint density at radius 2 is 2.00 bits per heavy atom. The van der Waals surface area contributed by atoms with E-state index < -0.39 is 6.10 Å². The molecule has 5 nitrogen and oxygen atoms in total. The topological polar surface area (TPSA) is 60.0 Å². The molecule has 0 bridgehead atoms. The molecule has 1 aliphatic carbocycles. The molecule has 1 rings (SSSR count). The van der Waals surface area contributed by atoms with Crippen molar-refractivity contribution in [3.05, 3.63) is 0 Å². The number of hydrogen-bond donors (Lipinski definition) is 2. The second kappa shape index (κ2) is 9.06. The third-order valence-electron chi connectivity index (χ3n) is 4.13. The maximum Gasteiger partial charge on any atom is 0.0897 e. The highest BCUT2D eigenvalue weighted by Crippen LogP contribution is 2.42. The van der Waals surface area contributed by atoms with E-state index in [9.17, 15) is 5.11 Å². The molecule has 3 unspecified atom stereocenters. The van der Waals surface area contributed by atoms with Crippen LogP contribution in [0.3, 0.4) is 0 Å². The maximum absolute atomic E-state index is 9.91. The minimum atomic E-state index is -0.481. The standard InChI is InChI=1S/C16H33NO4/c1-6-20-15-9-14(16(15,4)5)17-10-13(18)11-19-7-8-21-12(2)3/h12-15,17-18H,6-11H2,1-5H3. The molecule has 1 aliphatic rings. The van der Waals surface area contributed by atoms with Crippen molar-refractivity contribution in [3.63, 3.8) is 0 Å². The lowest BCUT2D eigenvalue weighted by atomic mass is 9.64. The van der Waals surface area contributed by atoms with Gasteiger partial charge in [-0.1, -0.05) is 13.8 Å². The summed E-state index contributed by atoms with van der Waals surface area (Å²) in [6.07, 6.45) is 1.07. The molecule has 21 heavy (non-hydrogen) atoms. The number of aliphatic hydroxyl groups excluding tert-OH is 1. The Morgan fingerprint density at radius 3 is 2.57 bits per heavy atom. The van der Waals surface area contributed by atoms with Gasteiger partial charge in [0.05, 0.1) is 38.1 Å². The minimum absolute atomic E-state index is 0.127. The Balaban J connectivity index is 2.07.